The molecular weight excluding hydrogens is 320 g/mol. The van der Waals surface area contributed by atoms with Crippen molar-refractivity contribution < 1.29 is 22.7 Å². The minimum absolute atomic E-state index is 0.0596. The SMILES string of the molecule is COCCNC(=O)Nc1ccc(S(=O)(=O)C[C@@H]2CCOC2)cc1. The molecule has 1 aromatic rings. The lowest BCUT2D eigenvalue weighted by molar-refractivity contribution is 0.188. The largest absolute Gasteiger partial charge is 0.383 e. The van der Waals surface area contributed by atoms with Gasteiger partial charge in [-0.3, -0.25) is 0 Å². The van der Waals surface area contributed by atoms with Crippen molar-refractivity contribution in [3.63, 3.8) is 0 Å². The van der Waals surface area contributed by atoms with Crippen LogP contribution >= 0.6 is 0 Å². The maximum atomic E-state index is 12.3. The number of ether oxygens (including phenoxy) is 2. The predicted octanol–water partition coefficient (Wildman–Crippen LogP) is 1.26. The van der Waals surface area contributed by atoms with Crippen molar-refractivity contribution in [2.75, 3.05) is 44.5 Å². The Morgan fingerprint density at radius 1 is 1.35 bits per heavy atom. The summed E-state index contributed by atoms with van der Waals surface area (Å²) in [7, 11) is -1.78. The molecule has 1 aliphatic rings. The van der Waals surface area contributed by atoms with E-state index in [2.05, 4.69) is 10.6 Å². The molecule has 128 valence electrons. The first-order valence-corrected chi connectivity index (χ1v) is 9.11. The van der Waals surface area contributed by atoms with Gasteiger partial charge in [-0.25, -0.2) is 13.2 Å². The fraction of sp³-hybridized carbons (Fsp3) is 0.533. The summed E-state index contributed by atoms with van der Waals surface area (Å²) in [6.07, 6.45) is 0.778. The molecule has 1 fully saturated rings. The van der Waals surface area contributed by atoms with Gasteiger partial charge in [-0.15, -0.1) is 0 Å². The van der Waals surface area contributed by atoms with Crippen molar-refractivity contribution >= 4 is 21.6 Å². The fourth-order valence-electron chi connectivity index (χ4n) is 2.31. The van der Waals surface area contributed by atoms with Crippen molar-refractivity contribution in [2.24, 2.45) is 5.92 Å². The molecule has 2 N–H and O–H groups in total. The highest BCUT2D eigenvalue weighted by Gasteiger charge is 2.24. The Morgan fingerprint density at radius 2 is 2.09 bits per heavy atom. The van der Waals surface area contributed by atoms with Crippen LogP contribution in [0, 0.1) is 5.92 Å². The first-order valence-electron chi connectivity index (χ1n) is 7.45. The number of carbonyl (C=O) groups is 1. The van der Waals surface area contributed by atoms with E-state index in [0.29, 0.717) is 32.1 Å². The molecule has 0 saturated carbocycles. The number of benzene rings is 1. The summed E-state index contributed by atoms with van der Waals surface area (Å²) in [5, 5.41) is 5.25. The van der Waals surface area contributed by atoms with Crippen LogP contribution in [0.15, 0.2) is 29.2 Å². The van der Waals surface area contributed by atoms with Crippen LogP contribution in [-0.2, 0) is 19.3 Å². The van der Waals surface area contributed by atoms with Crippen LogP contribution in [0.5, 0.6) is 0 Å². The van der Waals surface area contributed by atoms with Crippen LogP contribution in [0.25, 0.3) is 0 Å². The zero-order valence-corrected chi connectivity index (χ0v) is 13.9. The number of methoxy groups -OCH3 is 1. The van der Waals surface area contributed by atoms with Gasteiger partial charge in [-0.05, 0) is 36.6 Å². The molecule has 1 aliphatic heterocycles. The normalized spacial score (nSPS) is 17.9. The summed E-state index contributed by atoms with van der Waals surface area (Å²) in [4.78, 5) is 11.8. The minimum Gasteiger partial charge on any atom is -0.383 e. The van der Waals surface area contributed by atoms with E-state index >= 15 is 0 Å². The molecule has 1 saturated heterocycles. The first kappa shape index (κ1) is 17.7. The van der Waals surface area contributed by atoms with Gasteiger partial charge in [0.1, 0.15) is 0 Å². The second kappa shape index (κ2) is 8.28. The third-order valence-electron chi connectivity index (χ3n) is 3.54. The van der Waals surface area contributed by atoms with Gasteiger partial charge in [0.15, 0.2) is 9.84 Å². The highest BCUT2D eigenvalue weighted by atomic mass is 32.2. The highest BCUT2D eigenvalue weighted by Crippen LogP contribution is 2.21. The molecule has 7 nitrogen and oxygen atoms in total. The second-order valence-corrected chi connectivity index (χ2v) is 7.44. The van der Waals surface area contributed by atoms with Crippen LogP contribution in [0.3, 0.4) is 0 Å². The highest BCUT2D eigenvalue weighted by molar-refractivity contribution is 7.91. The summed E-state index contributed by atoms with van der Waals surface area (Å²) in [6.45, 7) is 1.95. The summed E-state index contributed by atoms with van der Waals surface area (Å²) in [5.74, 6) is 0.154. The Balaban J connectivity index is 1.91. The van der Waals surface area contributed by atoms with Gasteiger partial charge < -0.3 is 20.1 Å². The van der Waals surface area contributed by atoms with Crippen LogP contribution in [-0.4, -0.2) is 53.7 Å². The molecule has 1 atom stereocenters. The zero-order chi connectivity index (χ0) is 16.7. The third-order valence-corrected chi connectivity index (χ3v) is 5.44. The lowest BCUT2D eigenvalue weighted by Crippen LogP contribution is -2.31. The maximum Gasteiger partial charge on any atom is 0.319 e. The van der Waals surface area contributed by atoms with E-state index in [4.69, 9.17) is 9.47 Å². The molecular formula is C15H22N2O5S. The molecule has 0 radical (unpaired) electrons. The summed E-state index contributed by atoms with van der Waals surface area (Å²) < 4.78 is 34.7. The average molecular weight is 342 g/mol. The number of nitrogens with one attached hydrogen (secondary N) is 2. The number of rotatable bonds is 7. The van der Waals surface area contributed by atoms with Gasteiger partial charge in [-0.2, -0.15) is 0 Å². The van der Waals surface area contributed by atoms with Crippen LogP contribution in [0.4, 0.5) is 10.5 Å². The Kier molecular flexibility index (Phi) is 6.37. The zero-order valence-electron chi connectivity index (χ0n) is 13.1. The Labute approximate surface area is 136 Å². The second-order valence-electron chi connectivity index (χ2n) is 5.41. The summed E-state index contributed by atoms with van der Waals surface area (Å²) in [6, 6.07) is 5.81. The Bertz CT molecular complexity index is 609. The number of hydrogen-bond donors (Lipinski definition) is 2. The topological polar surface area (TPSA) is 93.7 Å². The molecule has 1 heterocycles. The molecule has 8 heteroatoms. The van der Waals surface area contributed by atoms with Gasteiger partial charge in [0.25, 0.3) is 0 Å². The number of anilines is 1. The van der Waals surface area contributed by atoms with Crippen molar-refractivity contribution in [3.8, 4) is 0 Å². The van der Waals surface area contributed by atoms with E-state index in [1.807, 2.05) is 0 Å². The van der Waals surface area contributed by atoms with Gasteiger partial charge >= 0.3 is 6.03 Å². The number of urea groups is 1. The smallest absolute Gasteiger partial charge is 0.319 e. The van der Waals surface area contributed by atoms with Gasteiger partial charge in [0, 0.05) is 25.9 Å². The fourth-order valence-corrected chi connectivity index (χ4v) is 3.94. The number of amides is 2. The predicted molar refractivity (Wildman–Crippen MR) is 86.3 cm³/mol. The van der Waals surface area contributed by atoms with E-state index < -0.39 is 9.84 Å². The van der Waals surface area contributed by atoms with E-state index in [-0.39, 0.29) is 22.6 Å². The number of sulfone groups is 1. The van der Waals surface area contributed by atoms with E-state index in [1.54, 1.807) is 19.2 Å². The Morgan fingerprint density at radius 3 is 2.70 bits per heavy atom. The van der Waals surface area contributed by atoms with Crippen LogP contribution in [0.1, 0.15) is 6.42 Å². The average Bonchev–Trinajstić information content (AvgIpc) is 3.00. The lowest BCUT2D eigenvalue weighted by Gasteiger charge is -2.10. The summed E-state index contributed by atoms with van der Waals surface area (Å²) in [5.41, 5.74) is 0.531. The molecule has 0 unspecified atom stereocenters. The van der Waals surface area contributed by atoms with Gasteiger partial charge in [0.2, 0.25) is 0 Å². The van der Waals surface area contributed by atoms with Crippen molar-refractivity contribution in [2.45, 2.75) is 11.3 Å². The molecule has 2 rings (SSSR count). The van der Waals surface area contributed by atoms with E-state index in [1.165, 1.54) is 12.1 Å². The minimum atomic E-state index is -3.33. The number of hydrogen-bond acceptors (Lipinski definition) is 5. The van der Waals surface area contributed by atoms with Crippen molar-refractivity contribution in [1.82, 2.24) is 5.32 Å². The van der Waals surface area contributed by atoms with E-state index in [9.17, 15) is 13.2 Å². The first-order chi connectivity index (χ1) is 11.0. The number of carbonyl (C=O) groups excluding carboxylic acids is 1. The molecule has 2 amide bonds. The lowest BCUT2D eigenvalue weighted by atomic mass is 10.2. The van der Waals surface area contributed by atoms with Crippen LogP contribution in [0.2, 0.25) is 0 Å². The monoisotopic (exact) mass is 342 g/mol. The van der Waals surface area contributed by atoms with Crippen molar-refractivity contribution in [3.05, 3.63) is 24.3 Å². The molecule has 0 aliphatic carbocycles. The molecule has 0 aromatic heterocycles. The van der Waals surface area contributed by atoms with Gasteiger partial charge in [0.05, 0.1) is 23.9 Å². The Hall–Kier alpha value is -1.64. The third kappa shape index (κ3) is 5.49. The van der Waals surface area contributed by atoms with Crippen LogP contribution < -0.4 is 10.6 Å². The summed E-state index contributed by atoms with van der Waals surface area (Å²) >= 11 is 0. The molecule has 0 spiro atoms. The molecule has 23 heavy (non-hydrogen) atoms. The van der Waals surface area contributed by atoms with Crippen molar-refractivity contribution in [1.29, 1.82) is 0 Å². The quantitative estimate of drug-likeness (QED) is 0.728. The molecule has 1 aromatic carbocycles. The van der Waals surface area contributed by atoms with E-state index in [0.717, 1.165) is 6.42 Å². The van der Waals surface area contributed by atoms with Gasteiger partial charge in [-0.1, -0.05) is 0 Å². The molecule has 0 bridgehead atoms. The standard InChI is InChI=1S/C15H22N2O5S/c1-21-9-7-16-15(18)17-13-2-4-14(5-3-13)23(19,20)11-12-6-8-22-10-12/h2-5,12H,6-11H2,1H3,(H2,16,17,18)/t12-/m1/s1. The maximum absolute atomic E-state index is 12.3.